The molecule has 12 rings (SSSR count). The van der Waals surface area contributed by atoms with Gasteiger partial charge in [0.2, 0.25) is 0 Å². The lowest BCUT2D eigenvalue weighted by Gasteiger charge is -2.40. The van der Waals surface area contributed by atoms with Crippen LogP contribution in [0.15, 0.2) is 206 Å². The predicted octanol–water partition coefficient (Wildman–Crippen LogP) is 13.3. The van der Waals surface area contributed by atoms with Gasteiger partial charge in [0, 0.05) is 16.5 Å². The third-order valence-corrected chi connectivity index (χ3v) is 12.6. The zero-order valence-electron chi connectivity index (χ0n) is 30.0. The van der Waals surface area contributed by atoms with Crippen LogP contribution >= 0.6 is 0 Å². The van der Waals surface area contributed by atoms with Crippen LogP contribution in [0, 0.1) is 0 Å². The Morgan fingerprint density at radius 1 is 0.309 bits per heavy atom. The van der Waals surface area contributed by atoms with Gasteiger partial charge in [-0.05, 0) is 84.3 Å². The zero-order chi connectivity index (χ0) is 36.1. The summed E-state index contributed by atoms with van der Waals surface area (Å²) < 4.78 is 7.11. The van der Waals surface area contributed by atoms with Gasteiger partial charge < -0.3 is 4.74 Å². The van der Waals surface area contributed by atoms with Crippen molar-refractivity contribution in [2.24, 2.45) is 0 Å². The number of hydrogen-bond donors (Lipinski definition) is 0. The molecule has 2 aliphatic carbocycles. The van der Waals surface area contributed by atoms with Gasteiger partial charge >= 0.3 is 0 Å². The van der Waals surface area contributed by atoms with E-state index in [2.05, 4.69) is 206 Å². The molecule has 0 fully saturated rings. The van der Waals surface area contributed by atoms with Crippen LogP contribution < -0.4 is 4.74 Å². The summed E-state index contributed by atoms with van der Waals surface area (Å²) in [6, 6.07) is 76.3. The van der Waals surface area contributed by atoms with Crippen LogP contribution in [0.2, 0.25) is 0 Å². The molecular weight excluding hydrogens is 665 g/mol. The number of rotatable bonds is 3. The minimum atomic E-state index is -0.575. The summed E-state index contributed by atoms with van der Waals surface area (Å²) in [6.45, 7) is 0. The first-order valence-electron chi connectivity index (χ1n) is 19.2. The molecular formula is C54H34O. The van der Waals surface area contributed by atoms with Gasteiger partial charge in [-0.3, -0.25) is 0 Å². The van der Waals surface area contributed by atoms with Crippen molar-refractivity contribution in [2.75, 3.05) is 0 Å². The summed E-state index contributed by atoms with van der Waals surface area (Å²) in [5.41, 5.74) is 16.5. The molecule has 0 atom stereocenters. The first kappa shape index (κ1) is 30.5. The molecule has 3 aliphatic rings. The van der Waals surface area contributed by atoms with Gasteiger partial charge in [-0.2, -0.15) is 0 Å². The van der Waals surface area contributed by atoms with Crippen LogP contribution in [-0.4, -0.2) is 0 Å². The van der Waals surface area contributed by atoms with E-state index < -0.39 is 10.8 Å². The molecule has 0 radical (unpaired) electrons. The van der Waals surface area contributed by atoms with Crippen LogP contribution in [0.1, 0.15) is 44.5 Å². The Morgan fingerprint density at radius 2 is 0.782 bits per heavy atom. The maximum absolute atomic E-state index is 7.11. The molecule has 1 heterocycles. The van der Waals surface area contributed by atoms with E-state index in [4.69, 9.17) is 4.74 Å². The monoisotopic (exact) mass is 698 g/mol. The van der Waals surface area contributed by atoms with Gasteiger partial charge in [0.15, 0.2) is 0 Å². The minimum absolute atomic E-state index is 0.521. The molecule has 9 aromatic rings. The first-order valence-corrected chi connectivity index (χ1v) is 19.2. The Morgan fingerprint density at radius 3 is 1.38 bits per heavy atom. The molecule has 0 bridgehead atoms. The molecule has 0 N–H and O–H groups in total. The molecule has 0 saturated carbocycles. The second kappa shape index (κ2) is 11.3. The lowest BCUT2D eigenvalue weighted by molar-refractivity contribution is 0.442. The van der Waals surface area contributed by atoms with Crippen LogP contribution in [0.3, 0.4) is 0 Å². The fourth-order valence-corrected chi connectivity index (χ4v) is 10.5. The molecule has 0 amide bonds. The fourth-order valence-electron chi connectivity index (χ4n) is 10.5. The molecule has 0 saturated heterocycles. The summed E-state index contributed by atoms with van der Waals surface area (Å²) in [6.07, 6.45) is 0. The first-order chi connectivity index (χ1) is 27.3. The van der Waals surface area contributed by atoms with Crippen molar-refractivity contribution in [3.63, 3.8) is 0 Å². The number of fused-ring (bicyclic) bond motifs is 14. The zero-order valence-corrected chi connectivity index (χ0v) is 30.0. The Labute approximate surface area is 320 Å². The van der Waals surface area contributed by atoms with Crippen LogP contribution in [-0.2, 0) is 10.8 Å². The molecule has 1 spiro atoms. The van der Waals surface area contributed by atoms with Crippen molar-refractivity contribution in [2.45, 2.75) is 10.8 Å². The normalized spacial score (nSPS) is 14.6. The van der Waals surface area contributed by atoms with Gasteiger partial charge in [0.05, 0.1) is 10.8 Å². The van der Waals surface area contributed by atoms with E-state index in [1.165, 1.54) is 83.3 Å². The number of ether oxygens (including phenoxy) is 1. The van der Waals surface area contributed by atoms with Crippen LogP contribution in [0.25, 0.3) is 44.2 Å². The standard InChI is InChI=1S/C54H34O/c1-2-17-37(18-3-1)53(45-26-12-7-21-40(45)41-22-8-13-27-46(41)53)44-25-11-6-19-38(44)36-31-33-51-50(34-36)54(49-32-30-35-16-4-5-20-39(35)52(49)55-51)47-28-14-9-23-42(47)43-24-10-15-29-48(43)54/h1-34H. The maximum atomic E-state index is 7.11. The van der Waals surface area contributed by atoms with Gasteiger partial charge in [0.25, 0.3) is 0 Å². The summed E-state index contributed by atoms with van der Waals surface area (Å²) in [5, 5.41) is 2.30. The van der Waals surface area contributed by atoms with Crippen LogP contribution in [0.4, 0.5) is 0 Å². The average Bonchev–Trinajstić information content (AvgIpc) is 3.73. The highest BCUT2D eigenvalue weighted by molar-refractivity contribution is 5.96. The van der Waals surface area contributed by atoms with Gasteiger partial charge in [-0.25, -0.2) is 0 Å². The Balaban J connectivity index is 1.18. The Hall–Kier alpha value is -6.96. The lowest BCUT2D eigenvalue weighted by Crippen LogP contribution is -2.32. The van der Waals surface area contributed by atoms with Crippen molar-refractivity contribution >= 4 is 10.8 Å². The smallest absolute Gasteiger partial charge is 0.140 e. The summed E-state index contributed by atoms with van der Waals surface area (Å²) in [4.78, 5) is 0. The average molecular weight is 699 g/mol. The number of benzene rings is 9. The Bertz CT molecular complexity index is 2930. The SMILES string of the molecule is c1ccc(C2(c3ccccc3-c3ccc4c(c3)C3(c5ccccc5-c5ccccc53)c3ccc5ccccc5c3O4)c3ccccc3-c3ccccc32)cc1. The van der Waals surface area contributed by atoms with Crippen molar-refractivity contribution in [3.8, 4) is 44.9 Å². The molecule has 9 aromatic carbocycles. The fraction of sp³-hybridized carbons (Fsp3) is 0.0370. The van der Waals surface area contributed by atoms with Crippen molar-refractivity contribution in [1.82, 2.24) is 0 Å². The molecule has 0 unspecified atom stereocenters. The van der Waals surface area contributed by atoms with Gasteiger partial charge in [-0.1, -0.05) is 194 Å². The van der Waals surface area contributed by atoms with E-state index in [1.807, 2.05) is 0 Å². The quantitative estimate of drug-likeness (QED) is 0.178. The molecule has 1 heteroatoms. The molecule has 256 valence electrons. The third kappa shape index (κ3) is 3.87. The van der Waals surface area contributed by atoms with E-state index in [1.54, 1.807) is 0 Å². The van der Waals surface area contributed by atoms with Crippen LogP contribution in [0.5, 0.6) is 11.5 Å². The highest BCUT2D eigenvalue weighted by Gasteiger charge is 2.52. The lowest BCUT2D eigenvalue weighted by atomic mass is 9.64. The van der Waals surface area contributed by atoms with E-state index in [0.29, 0.717) is 0 Å². The van der Waals surface area contributed by atoms with Gasteiger partial charge in [-0.15, -0.1) is 0 Å². The molecule has 1 nitrogen and oxygen atoms in total. The predicted molar refractivity (Wildman–Crippen MR) is 224 cm³/mol. The largest absolute Gasteiger partial charge is 0.456 e. The molecule has 1 aliphatic heterocycles. The van der Waals surface area contributed by atoms with E-state index in [9.17, 15) is 0 Å². The molecule has 0 aromatic heterocycles. The summed E-state index contributed by atoms with van der Waals surface area (Å²) in [7, 11) is 0. The van der Waals surface area contributed by atoms with E-state index in [0.717, 1.165) is 16.9 Å². The second-order valence-corrected chi connectivity index (χ2v) is 15.1. The van der Waals surface area contributed by atoms with E-state index in [-0.39, 0.29) is 0 Å². The highest BCUT2D eigenvalue weighted by atomic mass is 16.5. The van der Waals surface area contributed by atoms with Crippen molar-refractivity contribution in [1.29, 1.82) is 0 Å². The minimum Gasteiger partial charge on any atom is -0.456 e. The van der Waals surface area contributed by atoms with Crippen molar-refractivity contribution in [3.05, 3.63) is 251 Å². The number of hydrogen-bond acceptors (Lipinski definition) is 1. The summed E-state index contributed by atoms with van der Waals surface area (Å²) in [5.74, 6) is 1.83. The molecule has 55 heavy (non-hydrogen) atoms. The topological polar surface area (TPSA) is 9.23 Å². The summed E-state index contributed by atoms with van der Waals surface area (Å²) >= 11 is 0. The van der Waals surface area contributed by atoms with E-state index >= 15 is 0 Å². The Kier molecular flexibility index (Phi) is 6.25. The second-order valence-electron chi connectivity index (χ2n) is 15.1. The highest BCUT2D eigenvalue weighted by Crippen LogP contribution is 2.64. The maximum Gasteiger partial charge on any atom is 0.140 e. The van der Waals surface area contributed by atoms with Gasteiger partial charge in [0.1, 0.15) is 11.5 Å². The van der Waals surface area contributed by atoms with Crippen molar-refractivity contribution < 1.29 is 4.74 Å². The third-order valence-electron chi connectivity index (χ3n) is 12.6.